The van der Waals surface area contributed by atoms with Gasteiger partial charge in [0.1, 0.15) is 0 Å². The van der Waals surface area contributed by atoms with Gasteiger partial charge in [0, 0.05) is 0 Å². The zero-order valence-electron chi connectivity index (χ0n) is 11.8. The van der Waals surface area contributed by atoms with Crippen LogP contribution in [0, 0.1) is 0 Å². The molecule has 0 unspecified atom stereocenters. The number of benzene rings is 1. The Labute approximate surface area is 111 Å². The summed E-state index contributed by atoms with van der Waals surface area (Å²) >= 11 is -1.42. The van der Waals surface area contributed by atoms with Crippen molar-refractivity contribution in [3.8, 4) is 0 Å². The Balaban J connectivity index is 2.87. The van der Waals surface area contributed by atoms with Crippen molar-refractivity contribution in [2.24, 2.45) is 0 Å². The van der Waals surface area contributed by atoms with Crippen LogP contribution in [0.4, 0.5) is 0 Å². The predicted molar refractivity (Wildman–Crippen MR) is 77.6 cm³/mol. The third-order valence-corrected chi connectivity index (χ3v) is 7.37. The molecule has 3 heteroatoms. The quantitative estimate of drug-likeness (QED) is 0.835. The minimum absolute atomic E-state index is 0.147. The molecule has 2 nitrogen and oxygen atoms in total. The van der Waals surface area contributed by atoms with E-state index in [4.69, 9.17) is 0 Å². The number of hydrogen-bond donors (Lipinski definition) is 2. The summed E-state index contributed by atoms with van der Waals surface area (Å²) in [7, 11) is 0. The van der Waals surface area contributed by atoms with Crippen molar-refractivity contribution in [1.29, 1.82) is 0 Å². The van der Waals surface area contributed by atoms with E-state index in [0.29, 0.717) is 0 Å². The van der Waals surface area contributed by atoms with E-state index < -0.39 is 15.1 Å². The molecule has 0 bridgehead atoms. The third-order valence-electron chi connectivity index (χ3n) is 1.91. The summed E-state index contributed by atoms with van der Waals surface area (Å²) in [4.78, 5) is 0. The summed E-state index contributed by atoms with van der Waals surface area (Å²) < 4.78 is 8.95. The Bertz CT molecular complexity index is 319. The van der Waals surface area contributed by atoms with E-state index in [1.165, 1.54) is 4.35 Å². The zero-order chi connectivity index (χ0) is 13.1. The molecule has 0 saturated carbocycles. The second-order valence-electron chi connectivity index (χ2n) is 6.39. The van der Waals surface area contributed by atoms with Gasteiger partial charge in [0.15, 0.2) is 0 Å². The van der Waals surface area contributed by atoms with Crippen LogP contribution < -0.4 is 12.8 Å². The monoisotopic (exact) mass is 296 g/mol. The van der Waals surface area contributed by atoms with E-state index >= 15 is 0 Å². The fourth-order valence-electron chi connectivity index (χ4n) is 1.40. The molecule has 0 radical (unpaired) electrons. The van der Waals surface area contributed by atoms with E-state index in [2.05, 4.69) is 80.3 Å². The van der Waals surface area contributed by atoms with E-state index in [1.807, 2.05) is 0 Å². The summed E-state index contributed by atoms with van der Waals surface area (Å²) in [6.07, 6.45) is 0. The van der Waals surface area contributed by atoms with Crippen molar-refractivity contribution >= 4 is 19.5 Å². The molecule has 0 aliphatic rings. The van der Waals surface area contributed by atoms with Crippen LogP contribution >= 0.6 is 0 Å². The Morgan fingerprint density at radius 1 is 0.765 bits per heavy atom. The summed E-state index contributed by atoms with van der Waals surface area (Å²) in [5, 5.41) is 0. The zero-order valence-corrected chi connectivity index (χ0v) is 13.7. The Kier molecular flexibility index (Phi) is 4.83. The minimum atomic E-state index is -1.42. The molecule has 0 saturated heterocycles. The molecule has 1 rings (SSSR count). The first-order valence-electron chi connectivity index (χ1n) is 6.08. The van der Waals surface area contributed by atoms with E-state index in [1.54, 1.807) is 0 Å². The van der Waals surface area contributed by atoms with Crippen molar-refractivity contribution < 1.29 is 0 Å². The van der Waals surface area contributed by atoms with Gasteiger partial charge >= 0.3 is 111 Å². The van der Waals surface area contributed by atoms with Crippen LogP contribution in [0.15, 0.2) is 30.3 Å². The van der Waals surface area contributed by atoms with Crippen molar-refractivity contribution in [3.63, 3.8) is 0 Å². The molecule has 0 aromatic heterocycles. The molecule has 0 aliphatic heterocycles. The Morgan fingerprint density at radius 3 is 1.53 bits per heavy atom. The third kappa shape index (κ3) is 6.26. The van der Waals surface area contributed by atoms with Crippen LogP contribution in [-0.2, 0) is 0 Å². The van der Waals surface area contributed by atoms with E-state index in [9.17, 15) is 0 Å². The molecule has 0 spiro atoms. The number of rotatable bonds is 3. The fraction of sp³-hybridized carbons (Fsp3) is 0.571. The number of hydrogen-bond acceptors (Lipinski definition) is 2. The molecule has 0 amide bonds. The van der Waals surface area contributed by atoms with E-state index in [0.717, 1.165) is 0 Å². The summed E-state index contributed by atoms with van der Waals surface area (Å²) in [6, 6.07) is 10.7. The summed E-state index contributed by atoms with van der Waals surface area (Å²) in [5.41, 5.74) is 0.294. The van der Waals surface area contributed by atoms with Gasteiger partial charge in [-0.1, -0.05) is 0 Å². The maximum absolute atomic E-state index is 3.76. The van der Waals surface area contributed by atoms with Gasteiger partial charge in [-0.2, -0.15) is 0 Å². The second kappa shape index (κ2) is 5.56. The molecular weight excluding hydrogens is 271 g/mol. The molecule has 0 atom stereocenters. The predicted octanol–water partition coefficient (Wildman–Crippen LogP) is 2.16. The fourth-order valence-corrected chi connectivity index (χ4v) is 5.87. The Morgan fingerprint density at radius 2 is 1.18 bits per heavy atom. The van der Waals surface area contributed by atoms with Crippen LogP contribution in [0.5, 0.6) is 0 Å². The molecule has 0 heterocycles. The van der Waals surface area contributed by atoms with Gasteiger partial charge in [-0.15, -0.1) is 0 Å². The van der Waals surface area contributed by atoms with Gasteiger partial charge in [-0.05, 0) is 0 Å². The number of nitrogens with one attached hydrogen (secondary N) is 2. The van der Waals surface area contributed by atoms with Gasteiger partial charge in [0.25, 0.3) is 0 Å². The maximum atomic E-state index is 3.76. The van der Waals surface area contributed by atoms with Gasteiger partial charge < -0.3 is 0 Å². The Hall–Kier alpha value is -0.302. The van der Waals surface area contributed by atoms with Gasteiger partial charge in [-0.3, -0.25) is 0 Å². The molecule has 0 aliphatic carbocycles. The molecule has 2 N–H and O–H groups in total. The van der Waals surface area contributed by atoms with Crippen LogP contribution in [0.25, 0.3) is 0 Å². The van der Waals surface area contributed by atoms with Crippen LogP contribution in [-0.4, -0.2) is 26.2 Å². The molecular formula is C14H25AsN2. The van der Waals surface area contributed by atoms with Crippen LogP contribution in [0.2, 0.25) is 0 Å². The van der Waals surface area contributed by atoms with Gasteiger partial charge in [0.05, 0.1) is 0 Å². The average Bonchev–Trinajstić information content (AvgIpc) is 2.14. The standard InChI is InChI=1S/C14H25AsN2/c1-13(2,3)16-15(17-14(4,5)6)12-10-8-7-9-11-12/h7-11,16-17H,1-6H3. The van der Waals surface area contributed by atoms with Crippen LogP contribution in [0.1, 0.15) is 41.5 Å². The average molecular weight is 296 g/mol. The van der Waals surface area contributed by atoms with Gasteiger partial charge in [0.2, 0.25) is 0 Å². The summed E-state index contributed by atoms with van der Waals surface area (Å²) in [6.45, 7) is 13.3. The molecule has 17 heavy (non-hydrogen) atoms. The second-order valence-corrected chi connectivity index (χ2v) is 9.82. The molecule has 1 aromatic carbocycles. The van der Waals surface area contributed by atoms with Crippen molar-refractivity contribution in [3.05, 3.63) is 30.3 Å². The molecule has 0 fully saturated rings. The first-order valence-corrected chi connectivity index (χ1v) is 8.90. The van der Waals surface area contributed by atoms with E-state index in [-0.39, 0.29) is 11.1 Å². The topological polar surface area (TPSA) is 24.1 Å². The van der Waals surface area contributed by atoms with Crippen molar-refractivity contribution in [2.45, 2.75) is 52.6 Å². The normalized spacial score (nSPS) is 13.1. The van der Waals surface area contributed by atoms with Crippen molar-refractivity contribution in [1.82, 2.24) is 8.47 Å². The molecule has 1 aromatic rings. The summed E-state index contributed by atoms with van der Waals surface area (Å²) in [5.74, 6) is 0. The van der Waals surface area contributed by atoms with Crippen molar-refractivity contribution in [2.75, 3.05) is 0 Å². The van der Waals surface area contributed by atoms with Crippen LogP contribution in [0.3, 0.4) is 0 Å². The SMILES string of the molecule is CC(C)(C)N[As](NC(C)(C)C)c1ccccc1. The first-order chi connectivity index (χ1) is 7.67. The first kappa shape index (κ1) is 14.8. The molecule has 96 valence electrons. The van der Waals surface area contributed by atoms with Gasteiger partial charge in [-0.25, -0.2) is 0 Å².